The second-order valence-corrected chi connectivity index (χ2v) is 5.82. The molecule has 2 rings (SSSR count). The van der Waals surface area contributed by atoms with Gasteiger partial charge in [-0.25, -0.2) is 4.68 Å². The monoisotopic (exact) mass is 323 g/mol. The molecular weight excluding hydrogens is 306 g/mol. The van der Waals surface area contributed by atoms with Crippen LogP contribution in [0.4, 0.5) is 0 Å². The molecule has 1 heterocycles. The lowest BCUT2D eigenvalue weighted by Crippen LogP contribution is -2.22. The van der Waals surface area contributed by atoms with Crippen molar-refractivity contribution in [1.82, 2.24) is 25.5 Å². The van der Waals surface area contributed by atoms with Crippen LogP contribution in [0, 0.1) is 5.92 Å². The molecule has 0 bridgehead atoms. The fourth-order valence-corrected chi connectivity index (χ4v) is 2.20. The van der Waals surface area contributed by atoms with E-state index in [-0.39, 0.29) is 0 Å². The van der Waals surface area contributed by atoms with Crippen molar-refractivity contribution >= 4 is 15.9 Å². The van der Waals surface area contributed by atoms with E-state index in [0.29, 0.717) is 19.0 Å². The Bertz CT molecular complexity index is 523. The maximum Gasteiger partial charge on any atom is 0.165 e. The molecule has 102 valence electrons. The molecule has 0 aliphatic carbocycles. The van der Waals surface area contributed by atoms with E-state index in [9.17, 15) is 0 Å². The van der Waals surface area contributed by atoms with E-state index in [1.165, 1.54) is 5.56 Å². The van der Waals surface area contributed by atoms with Gasteiger partial charge in [0.25, 0.3) is 0 Å². The molecule has 0 radical (unpaired) electrons. The molecule has 1 aromatic carbocycles. The predicted octanol–water partition coefficient (Wildman–Crippen LogP) is 2.23. The van der Waals surface area contributed by atoms with Crippen LogP contribution in [-0.2, 0) is 13.1 Å². The molecular formula is C13H18BrN5. The van der Waals surface area contributed by atoms with Gasteiger partial charge in [-0.05, 0) is 40.6 Å². The third-order valence-corrected chi connectivity index (χ3v) is 3.16. The minimum Gasteiger partial charge on any atom is -0.310 e. The molecule has 0 amide bonds. The molecule has 0 atom stereocenters. The van der Waals surface area contributed by atoms with Crippen LogP contribution in [0.3, 0.4) is 0 Å². The first-order chi connectivity index (χ1) is 9.15. The number of rotatable bonds is 6. The smallest absolute Gasteiger partial charge is 0.165 e. The largest absolute Gasteiger partial charge is 0.310 e. The van der Waals surface area contributed by atoms with Crippen LogP contribution in [0.25, 0.3) is 0 Å². The number of tetrazole rings is 1. The second-order valence-electron chi connectivity index (χ2n) is 4.91. The summed E-state index contributed by atoms with van der Waals surface area (Å²) >= 11 is 3.47. The highest BCUT2D eigenvalue weighted by Crippen LogP contribution is 2.12. The van der Waals surface area contributed by atoms with E-state index in [1.54, 1.807) is 0 Å². The Morgan fingerprint density at radius 2 is 2.21 bits per heavy atom. The van der Waals surface area contributed by atoms with Crippen LogP contribution in [0.2, 0.25) is 0 Å². The molecule has 5 nitrogen and oxygen atoms in total. The number of aromatic nitrogens is 4. The van der Waals surface area contributed by atoms with Gasteiger partial charge in [0, 0.05) is 4.47 Å². The zero-order chi connectivity index (χ0) is 13.7. The summed E-state index contributed by atoms with van der Waals surface area (Å²) in [6.45, 7) is 6.70. The van der Waals surface area contributed by atoms with Crippen molar-refractivity contribution < 1.29 is 0 Å². The van der Waals surface area contributed by atoms with Crippen LogP contribution >= 0.6 is 15.9 Å². The summed E-state index contributed by atoms with van der Waals surface area (Å²) in [6.07, 6.45) is 0. The Balaban J connectivity index is 1.99. The van der Waals surface area contributed by atoms with E-state index < -0.39 is 0 Å². The Morgan fingerprint density at radius 3 is 2.95 bits per heavy atom. The SMILES string of the molecule is CC(C)CNCc1nnnn1Cc1cccc(Br)c1. The van der Waals surface area contributed by atoms with E-state index >= 15 is 0 Å². The number of benzene rings is 1. The number of nitrogens with one attached hydrogen (secondary N) is 1. The number of halogens is 1. The van der Waals surface area contributed by atoms with Gasteiger partial charge in [-0.3, -0.25) is 0 Å². The van der Waals surface area contributed by atoms with Crippen molar-refractivity contribution in [2.24, 2.45) is 5.92 Å². The van der Waals surface area contributed by atoms with Gasteiger partial charge in [-0.1, -0.05) is 41.9 Å². The Hall–Kier alpha value is -1.27. The van der Waals surface area contributed by atoms with Crippen LogP contribution in [0.1, 0.15) is 25.2 Å². The Morgan fingerprint density at radius 1 is 1.37 bits per heavy atom. The minimum absolute atomic E-state index is 0.620. The summed E-state index contributed by atoms with van der Waals surface area (Å²) in [7, 11) is 0. The third-order valence-electron chi connectivity index (χ3n) is 2.66. The molecule has 2 aromatic rings. The van der Waals surface area contributed by atoms with Gasteiger partial charge in [-0.2, -0.15) is 0 Å². The highest BCUT2D eigenvalue weighted by molar-refractivity contribution is 9.10. The summed E-state index contributed by atoms with van der Waals surface area (Å²) in [5, 5.41) is 15.2. The van der Waals surface area contributed by atoms with Crippen molar-refractivity contribution in [3.8, 4) is 0 Å². The molecule has 0 unspecified atom stereocenters. The first-order valence-electron chi connectivity index (χ1n) is 6.35. The highest BCUT2D eigenvalue weighted by Gasteiger charge is 2.06. The first-order valence-corrected chi connectivity index (χ1v) is 7.14. The lowest BCUT2D eigenvalue weighted by molar-refractivity contribution is 0.523. The summed E-state index contributed by atoms with van der Waals surface area (Å²) in [4.78, 5) is 0. The molecule has 0 fully saturated rings. The Kier molecular flexibility index (Phi) is 5.04. The maximum atomic E-state index is 4.06. The van der Waals surface area contributed by atoms with Crippen LogP contribution in [0.5, 0.6) is 0 Å². The lowest BCUT2D eigenvalue weighted by atomic mass is 10.2. The van der Waals surface area contributed by atoms with Crippen molar-refractivity contribution in [3.05, 3.63) is 40.1 Å². The lowest BCUT2D eigenvalue weighted by Gasteiger charge is -2.08. The molecule has 1 N–H and O–H groups in total. The number of nitrogens with zero attached hydrogens (tertiary/aromatic N) is 4. The van der Waals surface area contributed by atoms with Gasteiger partial charge < -0.3 is 5.32 Å². The van der Waals surface area contributed by atoms with Gasteiger partial charge in [0.1, 0.15) is 0 Å². The maximum absolute atomic E-state index is 4.06. The average Bonchev–Trinajstić information content (AvgIpc) is 2.76. The van der Waals surface area contributed by atoms with Gasteiger partial charge in [0.05, 0.1) is 13.1 Å². The van der Waals surface area contributed by atoms with E-state index in [0.717, 1.165) is 16.8 Å². The van der Waals surface area contributed by atoms with E-state index in [4.69, 9.17) is 0 Å². The van der Waals surface area contributed by atoms with Crippen molar-refractivity contribution in [3.63, 3.8) is 0 Å². The van der Waals surface area contributed by atoms with Gasteiger partial charge in [-0.15, -0.1) is 5.10 Å². The van der Waals surface area contributed by atoms with Crippen LogP contribution in [0.15, 0.2) is 28.7 Å². The van der Waals surface area contributed by atoms with Crippen molar-refractivity contribution in [1.29, 1.82) is 0 Å². The molecule has 0 saturated heterocycles. The summed E-state index contributed by atoms with van der Waals surface area (Å²) < 4.78 is 2.90. The predicted molar refractivity (Wildman–Crippen MR) is 77.6 cm³/mol. The molecule has 0 saturated carbocycles. The van der Waals surface area contributed by atoms with Gasteiger partial charge in [0.2, 0.25) is 0 Å². The van der Waals surface area contributed by atoms with Gasteiger partial charge in [0.15, 0.2) is 5.82 Å². The standard InChI is InChI=1S/C13H18BrN5/c1-10(2)7-15-8-13-16-17-18-19(13)9-11-4-3-5-12(14)6-11/h3-6,10,15H,7-9H2,1-2H3. The molecule has 0 aliphatic rings. The van der Waals surface area contributed by atoms with E-state index in [2.05, 4.69) is 62.8 Å². The van der Waals surface area contributed by atoms with Crippen LogP contribution < -0.4 is 5.32 Å². The van der Waals surface area contributed by atoms with Crippen LogP contribution in [-0.4, -0.2) is 26.8 Å². The average molecular weight is 324 g/mol. The fourth-order valence-electron chi connectivity index (χ4n) is 1.75. The molecule has 0 spiro atoms. The van der Waals surface area contributed by atoms with E-state index in [1.807, 2.05) is 16.8 Å². The zero-order valence-electron chi connectivity index (χ0n) is 11.2. The summed E-state index contributed by atoms with van der Waals surface area (Å²) in [5.74, 6) is 1.48. The topological polar surface area (TPSA) is 55.6 Å². The quantitative estimate of drug-likeness (QED) is 0.885. The minimum atomic E-state index is 0.620. The van der Waals surface area contributed by atoms with Crippen molar-refractivity contribution in [2.45, 2.75) is 26.9 Å². The fraction of sp³-hybridized carbons (Fsp3) is 0.462. The molecule has 6 heteroatoms. The first kappa shape index (κ1) is 14.1. The highest BCUT2D eigenvalue weighted by atomic mass is 79.9. The normalized spacial score (nSPS) is 11.2. The Labute approximate surface area is 121 Å². The second kappa shape index (κ2) is 6.77. The zero-order valence-corrected chi connectivity index (χ0v) is 12.8. The molecule has 1 aromatic heterocycles. The summed E-state index contributed by atoms with van der Waals surface area (Å²) in [5.41, 5.74) is 1.17. The third kappa shape index (κ3) is 4.40. The number of hydrogen-bond donors (Lipinski definition) is 1. The summed E-state index contributed by atoms with van der Waals surface area (Å²) in [6, 6.07) is 8.17. The molecule has 0 aliphatic heterocycles. The van der Waals surface area contributed by atoms with Crippen molar-refractivity contribution in [2.75, 3.05) is 6.54 Å². The number of hydrogen-bond acceptors (Lipinski definition) is 4. The molecule has 19 heavy (non-hydrogen) atoms. The van der Waals surface area contributed by atoms with Gasteiger partial charge >= 0.3 is 0 Å².